The van der Waals surface area contributed by atoms with E-state index in [4.69, 9.17) is 9.72 Å². The zero-order valence-electron chi connectivity index (χ0n) is 20.2. The van der Waals surface area contributed by atoms with Gasteiger partial charge in [0.15, 0.2) is 0 Å². The van der Waals surface area contributed by atoms with Crippen molar-refractivity contribution in [2.45, 2.75) is 51.5 Å². The molecule has 1 N–H and O–H groups in total. The Hall–Kier alpha value is -3.26. The number of nitrogens with zero attached hydrogens (tertiary/aromatic N) is 3. The lowest BCUT2D eigenvalue weighted by atomic mass is 9.62. The van der Waals surface area contributed by atoms with Crippen LogP contribution in [0, 0.1) is 17.0 Å². The van der Waals surface area contributed by atoms with Crippen LogP contribution in [0.3, 0.4) is 0 Å². The number of halogens is 2. The summed E-state index contributed by atoms with van der Waals surface area (Å²) in [6.45, 7) is 9.44. The second-order valence-corrected chi connectivity index (χ2v) is 10.1. The van der Waals surface area contributed by atoms with Crippen LogP contribution in [0.2, 0.25) is 0 Å². The number of carbonyl (C=O) groups excluding carboxylic acids is 1. The summed E-state index contributed by atoms with van der Waals surface area (Å²) >= 11 is 0. The molecule has 8 heteroatoms. The van der Waals surface area contributed by atoms with Crippen LogP contribution in [-0.2, 0) is 10.2 Å². The van der Waals surface area contributed by atoms with E-state index in [1.54, 1.807) is 12.1 Å². The Morgan fingerprint density at radius 3 is 2.40 bits per heavy atom. The standard InChI is InChI=1S/C27H28F2N4O2/c1-5-17-16-12-21(23-18(28)8-6-9-19(23)29)32-33-24(16)27(4,26(17,2)3)22-11-7-10-20(31-22)25(34)30-15-13-35-14-15/h6-12,15,17H,5,13-14H2,1-4H3,(H,30,34)/t17-,27-/m0/s1. The van der Waals surface area contributed by atoms with Gasteiger partial charge < -0.3 is 10.1 Å². The Morgan fingerprint density at radius 2 is 1.77 bits per heavy atom. The minimum absolute atomic E-state index is 0.000252. The van der Waals surface area contributed by atoms with E-state index in [0.717, 1.165) is 12.0 Å². The van der Waals surface area contributed by atoms with Crippen molar-refractivity contribution in [1.82, 2.24) is 20.5 Å². The smallest absolute Gasteiger partial charge is 0.270 e. The summed E-state index contributed by atoms with van der Waals surface area (Å²) < 4.78 is 34.2. The molecule has 3 heterocycles. The SMILES string of the molecule is CC[C@H]1c2cc(-c3c(F)cccc3F)nnc2[C@](C)(c2cccc(C(=O)NC3COC3)n2)C1(C)C. The largest absolute Gasteiger partial charge is 0.377 e. The highest BCUT2D eigenvalue weighted by molar-refractivity contribution is 5.92. The zero-order valence-corrected chi connectivity index (χ0v) is 20.2. The van der Waals surface area contributed by atoms with E-state index in [-0.39, 0.29) is 34.5 Å². The number of pyridine rings is 1. The van der Waals surface area contributed by atoms with Crippen molar-refractivity contribution < 1.29 is 18.3 Å². The number of hydrogen-bond acceptors (Lipinski definition) is 5. The number of fused-ring (bicyclic) bond motifs is 1. The van der Waals surface area contributed by atoms with Crippen LogP contribution < -0.4 is 5.32 Å². The van der Waals surface area contributed by atoms with Gasteiger partial charge in [0.25, 0.3) is 5.91 Å². The van der Waals surface area contributed by atoms with Crippen molar-refractivity contribution in [1.29, 1.82) is 0 Å². The topological polar surface area (TPSA) is 77.0 Å². The Labute approximate surface area is 203 Å². The van der Waals surface area contributed by atoms with Crippen molar-refractivity contribution in [3.05, 3.63) is 76.7 Å². The number of nitrogens with one attached hydrogen (secondary N) is 1. The molecule has 1 amide bonds. The quantitative estimate of drug-likeness (QED) is 0.571. The van der Waals surface area contributed by atoms with Crippen molar-refractivity contribution in [3.8, 4) is 11.3 Å². The summed E-state index contributed by atoms with van der Waals surface area (Å²) in [5, 5.41) is 11.7. The van der Waals surface area contributed by atoms with E-state index >= 15 is 0 Å². The molecule has 0 saturated carbocycles. The van der Waals surface area contributed by atoms with E-state index in [1.807, 2.05) is 12.1 Å². The van der Waals surface area contributed by atoms with E-state index in [2.05, 4.69) is 43.2 Å². The molecule has 1 aliphatic carbocycles. The predicted molar refractivity (Wildman–Crippen MR) is 127 cm³/mol. The van der Waals surface area contributed by atoms with E-state index in [9.17, 15) is 13.6 Å². The van der Waals surface area contributed by atoms with Gasteiger partial charge in [-0.15, -0.1) is 5.10 Å². The molecule has 1 fully saturated rings. The molecule has 0 unspecified atom stereocenters. The van der Waals surface area contributed by atoms with Gasteiger partial charge in [0.2, 0.25) is 0 Å². The summed E-state index contributed by atoms with van der Waals surface area (Å²) in [6.07, 6.45) is 0.794. The fourth-order valence-electron chi connectivity index (χ4n) is 5.57. The van der Waals surface area contributed by atoms with Crippen molar-refractivity contribution in [3.63, 3.8) is 0 Å². The van der Waals surface area contributed by atoms with Crippen LogP contribution in [0.4, 0.5) is 8.78 Å². The molecule has 2 atom stereocenters. The molecule has 0 spiro atoms. The first-order chi connectivity index (χ1) is 16.7. The van der Waals surface area contributed by atoms with Gasteiger partial charge in [-0.1, -0.05) is 32.9 Å². The summed E-state index contributed by atoms with van der Waals surface area (Å²) in [7, 11) is 0. The molecule has 182 valence electrons. The van der Waals surface area contributed by atoms with Crippen LogP contribution in [0.1, 0.15) is 67.5 Å². The fourth-order valence-corrected chi connectivity index (χ4v) is 5.57. The molecule has 0 radical (unpaired) electrons. The summed E-state index contributed by atoms with van der Waals surface area (Å²) in [5.74, 6) is -1.56. The van der Waals surface area contributed by atoms with Gasteiger partial charge in [-0.3, -0.25) is 4.79 Å². The van der Waals surface area contributed by atoms with Crippen molar-refractivity contribution >= 4 is 5.91 Å². The highest BCUT2D eigenvalue weighted by atomic mass is 19.1. The van der Waals surface area contributed by atoms with Gasteiger partial charge in [0.1, 0.15) is 17.3 Å². The van der Waals surface area contributed by atoms with Gasteiger partial charge in [0, 0.05) is 0 Å². The number of amides is 1. The maximum absolute atomic E-state index is 14.5. The zero-order chi connectivity index (χ0) is 25.0. The van der Waals surface area contributed by atoms with Crippen LogP contribution in [0.15, 0.2) is 42.5 Å². The van der Waals surface area contributed by atoms with Crippen LogP contribution in [0.25, 0.3) is 11.3 Å². The van der Waals surface area contributed by atoms with Crippen molar-refractivity contribution in [2.75, 3.05) is 13.2 Å². The monoisotopic (exact) mass is 478 g/mol. The number of ether oxygens (including phenoxy) is 1. The molecule has 1 aromatic carbocycles. The Balaban J connectivity index is 1.62. The number of carbonyl (C=O) groups is 1. The third-order valence-electron chi connectivity index (χ3n) is 7.93. The molecular weight excluding hydrogens is 450 g/mol. The molecule has 35 heavy (non-hydrogen) atoms. The van der Waals surface area contributed by atoms with Gasteiger partial charge in [0.05, 0.1) is 47.3 Å². The number of aromatic nitrogens is 3. The summed E-state index contributed by atoms with van der Waals surface area (Å²) in [6, 6.07) is 10.9. The lowest BCUT2D eigenvalue weighted by molar-refractivity contribution is -0.00356. The first-order valence-corrected chi connectivity index (χ1v) is 11.9. The Kier molecular flexibility index (Phi) is 5.67. The third-order valence-corrected chi connectivity index (χ3v) is 7.93. The Bertz CT molecular complexity index is 1290. The van der Waals surface area contributed by atoms with Gasteiger partial charge >= 0.3 is 0 Å². The summed E-state index contributed by atoms with van der Waals surface area (Å²) in [5.41, 5.74) is 1.58. The van der Waals surface area contributed by atoms with Gasteiger partial charge in [-0.25, -0.2) is 13.8 Å². The second-order valence-electron chi connectivity index (χ2n) is 10.1. The second kappa shape index (κ2) is 8.45. The average molecular weight is 479 g/mol. The molecule has 6 nitrogen and oxygen atoms in total. The lowest BCUT2D eigenvalue weighted by Gasteiger charge is -2.41. The minimum atomic E-state index is -0.682. The molecule has 1 saturated heterocycles. The lowest BCUT2D eigenvalue weighted by Crippen LogP contribution is -2.49. The maximum atomic E-state index is 14.5. The summed E-state index contributed by atoms with van der Waals surface area (Å²) in [4.78, 5) is 17.6. The molecule has 2 aromatic heterocycles. The molecule has 3 aromatic rings. The molecule has 2 aliphatic rings. The van der Waals surface area contributed by atoms with Gasteiger partial charge in [-0.2, -0.15) is 5.10 Å². The molecule has 0 bridgehead atoms. The average Bonchev–Trinajstić information content (AvgIpc) is 2.98. The highest BCUT2D eigenvalue weighted by Crippen LogP contribution is 2.61. The maximum Gasteiger partial charge on any atom is 0.270 e. The van der Waals surface area contributed by atoms with Gasteiger partial charge in [-0.05, 0) is 60.6 Å². The molecular formula is C27H28F2N4O2. The molecule has 5 rings (SSSR count). The van der Waals surface area contributed by atoms with E-state index < -0.39 is 17.0 Å². The molecule has 1 aliphatic heterocycles. The normalized spacial score (nSPS) is 23.0. The van der Waals surface area contributed by atoms with Crippen LogP contribution >= 0.6 is 0 Å². The number of rotatable bonds is 5. The first-order valence-electron chi connectivity index (χ1n) is 11.9. The highest BCUT2D eigenvalue weighted by Gasteiger charge is 2.57. The van der Waals surface area contributed by atoms with Crippen LogP contribution in [0.5, 0.6) is 0 Å². The number of benzene rings is 1. The fraction of sp³-hybridized carbons (Fsp3) is 0.407. The predicted octanol–water partition coefficient (Wildman–Crippen LogP) is 4.78. The minimum Gasteiger partial charge on any atom is -0.377 e. The van der Waals surface area contributed by atoms with Crippen LogP contribution in [-0.4, -0.2) is 40.3 Å². The Morgan fingerprint density at radius 1 is 1.09 bits per heavy atom. The first kappa shape index (κ1) is 23.5. The van der Waals surface area contributed by atoms with E-state index in [1.165, 1.54) is 18.2 Å². The van der Waals surface area contributed by atoms with Crippen molar-refractivity contribution in [2.24, 2.45) is 5.41 Å². The number of hydrogen-bond donors (Lipinski definition) is 1. The third kappa shape index (κ3) is 3.54. The van der Waals surface area contributed by atoms with E-state index in [0.29, 0.717) is 30.3 Å².